The van der Waals surface area contributed by atoms with Gasteiger partial charge in [-0.1, -0.05) is 30.3 Å². The van der Waals surface area contributed by atoms with Crippen molar-refractivity contribution >= 4 is 5.91 Å². The average Bonchev–Trinajstić information content (AvgIpc) is 3.00. The molecule has 130 valence electrons. The van der Waals surface area contributed by atoms with E-state index in [1.165, 1.54) is 5.56 Å². The predicted octanol–water partition coefficient (Wildman–Crippen LogP) is 0.763. The summed E-state index contributed by atoms with van der Waals surface area (Å²) in [5, 5.41) is 3.25. The lowest BCUT2D eigenvalue weighted by Crippen LogP contribution is -2.62. The highest BCUT2D eigenvalue weighted by Gasteiger charge is 2.47. The van der Waals surface area contributed by atoms with Crippen LogP contribution in [0.15, 0.2) is 35.1 Å². The van der Waals surface area contributed by atoms with Gasteiger partial charge >= 0.3 is 0 Å². The molecule has 1 aromatic heterocycles. The maximum Gasteiger partial charge on any atom is 0.258 e. The molecule has 0 spiro atoms. The standard InChI is InChI=1S/C19H22N4O2/c1-13-21-16-10-23(9-15(16)17(24)22(13)2)18(25)19(11-20-12-19)8-14-6-4-3-5-7-14/h3-7,20H,8-12H2,1-2H3. The molecule has 1 saturated heterocycles. The van der Waals surface area contributed by atoms with Crippen LogP contribution in [0.1, 0.15) is 22.6 Å². The molecule has 3 heterocycles. The highest BCUT2D eigenvalue weighted by atomic mass is 16.2. The van der Waals surface area contributed by atoms with Crippen molar-refractivity contribution in [2.75, 3.05) is 13.1 Å². The summed E-state index contributed by atoms with van der Waals surface area (Å²) in [5.74, 6) is 0.801. The van der Waals surface area contributed by atoms with Gasteiger partial charge in [-0.25, -0.2) is 4.98 Å². The van der Waals surface area contributed by atoms with Gasteiger partial charge in [0.15, 0.2) is 0 Å². The molecule has 0 bridgehead atoms. The van der Waals surface area contributed by atoms with Crippen molar-refractivity contribution in [3.05, 3.63) is 63.3 Å². The maximum atomic E-state index is 13.3. The number of amides is 1. The molecule has 6 nitrogen and oxygen atoms in total. The van der Waals surface area contributed by atoms with Crippen LogP contribution in [0.25, 0.3) is 0 Å². The molecule has 0 radical (unpaired) electrons. The van der Waals surface area contributed by atoms with Gasteiger partial charge in [0.05, 0.1) is 29.8 Å². The van der Waals surface area contributed by atoms with E-state index in [4.69, 9.17) is 0 Å². The van der Waals surface area contributed by atoms with E-state index in [1.807, 2.05) is 25.1 Å². The van der Waals surface area contributed by atoms with E-state index in [2.05, 4.69) is 22.4 Å². The number of nitrogens with zero attached hydrogens (tertiary/aromatic N) is 3. The van der Waals surface area contributed by atoms with Crippen LogP contribution in [0.5, 0.6) is 0 Å². The van der Waals surface area contributed by atoms with Crippen LogP contribution in [-0.4, -0.2) is 33.4 Å². The van der Waals surface area contributed by atoms with Crippen molar-refractivity contribution in [2.24, 2.45) is 12.5 Å². The molecule has 0 aliphatic carbocycles. The number of hydrogen-bond donors (Lipinski definition) is 1. The quantitative estimate of drug-likeness (QED) is 0.897. The summed E-state index contributed by atoms with van der Waals surface area (Å²) in [6, 6.07) is 10.1. The molecule has 1 amide bonds. The summed E-state index contributed by atoms with van der Waals surface area (Å²) < 4.78 is 1.55. The number of carbonyl (C=O) groups is 1. The number of benzene rings is 1. The molecule has 2 aromatic rings. The van der Waals surface area contributed by atoms with Crippen molar-refractivity contribution in [1.82, 2.24) is 19.8 Å². The zero-order valence-corrected chi connectivity index (χ0v) is 14.6. The number of aryl methyl sites for hydroxylation is 1. The number of nitrogens with one attached hydrogen (secondary N) is 1. The molecule has 25 heavy (non-hydrogen) atoms. The van der Waals surface area contributed by atoms with Crippen LogP contribution >= 0.6 is 0 Å². The Labute approximate surface area is 146 Å². The molecular formula is C19H22N4O2. The Morgan fingerprint density at radius 3 is 2.60 bits per heavy atom. The Hall–Kier alpha value is -2.47. The van der Waals surface area contributed by atoms with E-state index in [9.17, 15) is 9.59 Å². The molecule has 2 aliphatic heterocycles. The van der Waals surface area contributed by atoms with Gasteiger partial charge in [0, 0.05) is 20.1 Å². The summed E-state index contributed by atoms with van der Waals surface area (Å²) in [4.78, 5) is 32.0. The first-order chi connectivity index (χ1) is 12.0. The Bertz CT molecular complexity index is 884. The zero-order chi connectivity index (χ0) is 17.6. The van der Waals surface area contributed by atoms with E-state index in [-0.39, 0.29) is 11.5 Å². The van der Waals surface area contributed by atoms with Gasteiger partial charge in [-0.3, -0.25) is 14.2 Å². The zero-order valence-electron chi connectivity index (χ0n) is 14.6. The van der Waals surface area contributed by atoms with Gasteiger partial charge in [0.25, 0.3) is 5.56 Å². The molecular weight excluding hydrogens is 316 g/mol. The van der Waals surface area contributed by atoms with E-state index in [0.29, 0.717) is 37.6 Å². The lowest BCUT2D eigenvalue weighted by Gasteiger charge is -2.43. The second-order valence-corrected chi connectivity index (χ2v) is 7.16. The van der Waals surface area contributed by atoms with Gasteiger partial charge < -0.3 is 10.2 Å². The topological polar surface area (TPSA) is 67.2 Å². The minimum atomic E-state index is -0.413. The average molecular weight is 338 g/mol. The number of fused-ring (bicyclic) bond motifs is 1. The van der Waals surface area contributed by atoms with E-state index in [0.717, 1.165) is 12.1 Å². The van der Waals surface area contributed by atoms with Crippen LogP contribution in [0, 0.1) is 12.3 Å². The highest BCUT2D eigenvalue weighted by molar-refractivity contribution is 5.85. The van der Waals surface area contributed by atoms with Crippen molar-refractivity contribution in [3.8, 4) is 0 Å². The SMILES string of the molecule is Cc1nc2c(c(=O)n1C)CN(C(=O)C1(Cc3ccccc3)CNC1)C2. The Morgan fingerprint density at radius 2 is 1.96 bits per heavy atom. The van der Waals surface area contributed by atoms with Crippen LogP contribution in [-0.2, 0) is 31.4 Å². The Kier molecular flexibility index (Phi) is 3.72. The lowest BCUT2D eigenvalue weighted by molar-refractivity contribution is -0.146. The van der Waals surface area contributed by atoms with Gasteiger partial charge in [0.1, 0.15) is 5.82 Å². The second-order valence-electron chi connectivity index (χ2n) is 7.16. The fourth-order valence-corrected chi connectivity index (χ4v) is 3.77. The largest absolute Gasteiger partial charge is 0.332 e. The summed E-state index contributed by atoms with van der Waals surface area (Å²) >= 11 is 0. The molecule has 2 aliphatic rings. The van der Waals surface area contributed by atoms with Gasteiger partial charge in [-0.15, -0.1) is 0 Å². The monoisotopic (exact) mass is 338 g/mol. The van der Waals surface area contributed by atoms with Gasteiger partial charge in [0.2, 0.25) is 5.91 Å². The normalized spacial score (nSPS) is 17.9. The van der Waals surface area contributed by atoms with Gasteiger partial charge in [-0.05, 0) is 18.9 Å². The second kappa shape index (κ2) is 5.81. The third-order valence-electron chi connectivity index (χ3n) is 5.44. The van der Waals surface area contributed by atoms with Crippen LogP contribution in [0.2, 0.25) is 0 Å². The summed E-state index contributed by atoms with van der Waals surface area (Å²) in [6.07, 6.45) is 0.719. The molecule has 4 rings (SSSR count). The van der Waals surface area contributed by atoms with Crippen molar-refractivity contribution in [1.29, 1.82) is 0 Å². The summed E-state index contributed by atoms with van der Waals surface area (Å²) in [6.45, 7) is 3.97. The molecule has 1 aromatic carbocycles. The van der Waals surface area contributed by atoms with Crippen LogP contribution in [0.3, 0.4) is 0 Å². The fourth-order valence-electron chi connectivity index (χ4n) is 3.77. The summed E-state index contributed by atoms with van der Waals surface area (Å²) in [5.41, 5.74) is 2.12. The molecule has 1 fully saturated rings. The van der Waals surface area contributed by atoms with E-state index in [1.54, 1.807) is 16.5 Å². The third-order valence-corrected chi connectivity index (χ3v) is 5.44. The maximum absolute atomic E-state index is 13.3. The number of hydrogen-bond acceptors (Lipinski definition) is 4. The number of carbonyl (C=O) groups excluding carboxylic acids is 1. The molecule has 0 saturated carbocycles. The smallest absolute Gasteiger partial charge is 0.258 e. The fraction of sp³-hybridized carbons (Fsp3) is 0.421. The van der Waals surface area contributed by atoms with Crippen molar-refractivity contribution in [2.45, 2.75) is 26.4 Å². The summed E-state index contributed by atoms with van der Waals surface area (Å²) in [7, 11) is 1.72. The predicted molar refractivity (Wildman–Crippen MR) is 93.9 cm³/mol. The molecule has 1 N–H and O–H groups in total. The van der Waals surface area contributed by atoms with Crippen LogP contribution < -0.4 is 10.9 Å². The molecule has 6 heteroatoms. The number of rotatable bonds is 3. The minimum Gasteiger partial charge on any atom is -0.332 e. The molecule has 0 unspecified atom stereocenters. The Morgan fingerprint density at radius 1 is 1.24 bits per heavy atom. The van der Waals surface area contributed by atoms with E-state index >= 15 is 0 Å². The third kappa shape index (κ3) is 2.57. The van der Waals surface area contributed by atoms with Crippen molar-refractivity contribution in [3.63, 3.8) is 0 Å². The van der Waals surface area contributed by atoms with Crippen LogP contribution in [0.4, 0.5) is 0 Å². The first-order valence-corrected chi connectivity index (χ1v) is 8.60. The van der Waals surface area contributed by atoms with Gasteiger partial charge in [-0.2, -0.15) is 0 Å². The first kappa shape index (κ1) is 16.0. The minimum absolute atomic E-state index is 0.0401. The highest BCUT2D eigenvalue weighted by Crippen LogP contribution is 2.33. The Balaban J connectivity index is 1.59. The lowest BCUT2D eigenvalue weighted by atomic mass is 9.75. The van der Waals surface area contributed by atoms with Crippen molar-refractivity contribution < 1.29 is 4.79 Å². The first-order valence-electron chi connectivity index (χ1n) is 8.60. The molecule has 0 atom stereocenters. The number of aromatic nitrogens is 2. The van der Waals surface area contributed by atoms with E-state index < -0.39 is 5.41 Å².